The van der Waals surface area contributed by atoms with Crippen LogP contribution in [0.1, 0.15) is 12.5 Å². The summed E-state index contributed by atoms with van der Waals surface area (Å²) in [5, 5.41) is 3.03. The lowest BCUT2D eigenvalue weighted by Crippen LogP contribution is -2.23. The first-order valence-corrected chi connectivity index (χ1v) is 9.57. The Bertz CT molecular complexity index is 869. The number of hydrogen-bond donors (Lipinski definition) is 2. The van der Waals surface area contributed by atoms with Crippen LogP contribution in [0, 0.1) is 0 Å². The van der Waals surface area contributed by atoms with Crippen LogP contribution in [0.3, 0.4) is 0 Å². The van der Waals surface area contributed by atoms with Gasteiger partial charge in [-0.25, -0.2) is 17.9 Å². The molecule has 0 aliphatic heterocycles. The van der Waals surface area contributed by atoms with Crippen LogP contribution in [0.15, 0.2) is 47.4 Å². The molecule has 0 radical (unpaired) electrons. The number of ether oxygens (including phenoxy) is 2. The minimum atomic E-state index is -3.79. The molecule has 2 aromatic carbocycles. The Morgan fingerprint density at radius 1 is 1.15 bits per heavy atom. The highest BCUT2D eigenvalue weighted by atomic mass is 35.5. The molecule has 1 amide bonds. The first-order chi connectivity index (χ1) is 12.4. The van der Waals surface area contributed by atoms with Gasteiger partial charge < -0.3 is 9.47 Å². The number of anilines is 1. The van der Waals surface area contributed by atoms with Crippen LogP contribution in [0.4, 0.5) is 10.5 Å². The van der Waals surface area contributed by atoms with Crippen LogP contribution in [0.25, 0.3) is 0 Å². The molecule has 0 saturated heterocycles. The molecule has 2 aromatic rings. The zero-order valence-electron chi connectivity index (χ0n) is 14.3. The minimum absolute atomic E-state index is 0.0148. The van der Waals surface area contributed by atoms with Crippen LogP contribution in [-0.2, 0) is 21.3 Å². The van der Waals surface area contributed by atoms with Crippen molar-refractivity contribution in [2.45, 2.75) is 18.4 Å². The van der Waals surface area contributed by atoms with Crippen molar-refractivity contribution in [3.8, 4) is 5.75 Å². The highest BCUT2D eigenvalue weighted by Crippen LogP contribution is 2.27. The zero-order chi connectivity index (χ0) is 19.2. The van der Waals surface area contributed by atoms with E-state index in [0.717, 1.165) is 5.56 Å². The number of sulfonamides is 1. The van der Waals surface area contributed by atoms with Gasteiger partial charge in [0.25, 0.3) is 0 Å². The van der Waals surface area contributed by atoms with Crippen molar-refractivity contribution in [1.82, 2.24) is 4.72 Å². The fraction of sp³-hybridized carbons (Fsp3) is 0.235. The molecule has 0 atom stereocenters. The molecule has 7 nitrogen and oxygen atoms in total. The smallest absolute Gasteiger partial charge is 0.411 e. The van der Waals surface area contributed by atoms with Crippen LogP contribution in [-0.4, -0.2) is 28.2 Å². The van der Waals surface area contributed by atoms with E-state index >= 15 is 0 Å². The summed E-state index contributed by atoms with van der Waals surface area (Å²) in [6.07, 6.45) is -0.700. The van der Waals surface area contributed by atoms with Crippen molar-refractivity contribution in [2.75, 3.05) is 19.0 Å². The largest absolute Gasteiger partial charge is 0.495 e. The fourth-order valence-corrected chi connectivity index (χ4v) is 3.26. The fourth-order valence-electron chi connectivity index (χ4n) is 2.09. The Kier molecular flexibility index (Phi) is 6.84. The van der Waals surface area contributed by atoms with E-state index < -0.39 is 16.1 Å². The summed E-state index contributed by atoms with van der Waals surface area (Å²) < 4.78 is 37.5. The molecule has 140 valence electrons. The molecule has 26 heavy (non-hydrogen) atoms. The van der Waals surface area contributed by atoms with Crippen molar-refractivity contribution in [2.24, 2.45) is 0 Å². The van der Waals surface area contributed by atoms with E-state index in [-0.39, 0.29) is 23.7 Å². The summed E-state index contributed by atoms with van der Waals surface area (Å²) in [4.78, 5) is 11.6. The number of hydrogen-bond acceptors (Lipinski definition) is 5. The van der Waals surface area contributed by atoms with Crippen molar-refractivity contribution in [3.63, 3.8) is 0 Å². The van der Waals surface area contributed by atoms with Gasteiger partial charge in [0.2, 0.25) is 10.0 Å². The van der Waals surface area contributed by atoms with Gasteiger partial charge in [-0.3, -0.25) is 5.32 Å². The van der Waals surface area contributed by atoms with Crippen molar-refractivity contribution >= 4 is 33.4 Å². The first kappa shape index (κ1) is 20.0. The number of amides is 1. The van der Waals surface area contributed by atoms with Crippen LogP contribution >= 0.6 is 11.6 Å². The van der Waals surface area contributed by atoms with E-state index in [0.29, 0.717) is 10.8 Å². The second-order valence-electron chi connectivity index (χ2n) is 5.16. The average Bonchev–Trinajstić information content (AvgIpc) is 2.61. The standard InChI is InChI=1S/C17H19ClN2O5S/c1-3-25-17(21)20-15-10-14(8-9-16(15)24-2)26(22,23)19-11-12-4-6-13(18)7-5-12/h4-10,19H,3,11H2,1-2H3,(H,20,21). The summed E-state index contributed by atoms with van der Waals surface area (Å²) in [6.45, 7) is 1.96. The topological polar surface area (TPSA) is 93.7 Å². The van der Waals surface area contributed by atoms with Gasteiger partial charge in [-0.05, 0) is 42.8 Å². The van der Waals surface area contributed by atoms with E-state index in [1.807, 2.05) is 0 Å². The highest BCUT2D eigenvalue weighted by Gasteiger charge is 2.17. The van der Waals surface area contributed by atoms with Gasteiger partial charge in [0.05, 0.1) is 24.3 Å². The normalized spacial score (nSPS) is 11.0. The maximum absolute atomic E-state index is 12.5. The van der Waals surface area contributed by atoms with E-state index in [9.17, 15) is 13.2 Å². The molecule has 0 bridgehead atoms. The summed E-state index contributed by atoms with van der Waals surface area (Å²) in [5.74, 6) is 0.315. The number of nitrogens with one attached hydrogen (secondary N) is 2. The molecule has 2 rings (SSSR count). The SMILES string of the molecule is CCOC(=O)Nc1cc(S(=O)(=O)NCc2ccc(Cl)cc2)ccc1OC. The second kappa shape index (κ2) is 8.88. The van der Waals surface area contributed by atoms with Gasteiger partial charge in [-0.15, -0.1) is 0 Å². The van der Waals surface area contributed by atoms with Crippen LogP contribution < -0.4 is 14.8 Å². The van der Waals surface area contributed by atoms with Gasteiger partial charge >= 0.3 is 6.09 Å². The number of halogens is 1. The van der Waals surface area contributed by atoms with E-state index in [1.165, 1.54) is 25.3 Å². The van der Waals surface area contributed by atoms with Crippen molar-refractivity contribution in [3.05, 3.63) is 53.1 Å². The predicted molar refractivity (Wildman–Crippen MR) is 99.1 cm³/mol. The van der Waals surface area contributed by atoms with E-state index in [4.69, 9.17) is 21.1 Å². The Balaban J connectivity index is 2.19. The predicted octanol–water partition coefficient (Wildman–Crippen LogP) is 3.40. The average molecular weight is 399 g/mol. The summed E-state index contributed by atoms with van der Waals surface area (Å²) in [6, 6.07) is 11.0. The Morgan fingerprint density at radius 3 is 2.46 bits per heavy atom. The zero-order valence-corrected chi connectivity index (χ0v) is 15.9. The van der Waals surface area contributed by atoms with E-state index in [2.05, 4.69) is 10.0 Å². The molecule has 0 fully saturated rings. The third kappa shape index (κ3) is 5.35. The molecule has 0 aliphatic rings. The van der Waals surface area contributed by atoms with Crippen LogP contribution in [0.5, 0.6) is 5.75 Å². The van der Waals surface area contributed by atoms with Gasteiger partial charge in [0.1, 0.15) is 5.75 Å². The lowest BCUT2D eigenvalue weighted by Gasteiger charge is -2.13. The number of carbonyl (C=O) groups excluding carboxylic acids is 1. The number of benzene rings is 2. The van der Waals surface area contributed by atoms with Crippen LogP contribution in [0.2, 0.25) is 5.02 Å². The highest BCUT2D eigenvalue weighted by molar-refractivity contribution is 7.89. The molecule has 0 saturated carbocycles. The molecule has 0 spiro atoms. The third-order valence-electron chi connectivity index (χ3n) is 3.37. The number of carbonyl (C=O) groups is 1. The van der Waals surface area contributed by atoms with Gasteiger partial charge in [0.15, 0.2) is 0 Å². The number of methoxy groups -OCH3 is 1. The van der Waals surface area contributed by atoms with Gasteiger partial charge in [-0.1, -0.05) is 23.7 Å². The Hall–Kier alpha value is -2.29. The lowest BCUT2D eigenvalue weighted by atomic mass is 10.2. The summed E-state index contributed by atoms with van der Waals surface area (Å²) in [7, 11) is -2.38. The number of rotatable bonds is 7. The Labute approximate surface area is 157 Å². The first-order valence-electron chi connectivity index (χ1n) is 7.71. The molecule has 0 unspecified atom stereocenters. The van der Waals surface area contributed by atoms with Crippen molar-refractivity contribution in [1.29, 1.82) is 0 Å². The molecule has 0 aromatic heterocycles. The molecule has 9 heteroatoms. The molecule has 0 aliphatic carbocycles. The molecule has 0 heterocycles. The summed E-state index contributed by atoms with van der Waals surface area (Å²) >= 11 is 5.81. The quantitative estimate of drug-likeness (QED) is 0.745. The Morgan fingerprint density at radius 2 is 1.85 bits per heavy atom. The molecular formula is C17H19ClN2O5S. The van der Waals surface area contributed by atoms with Gasteiger partial charge in [0, 0.05) is 11.6 Å². The maximum Gasteiger partial charge on any atom is 0.411 e. The van der Waals surface area contributed by atoms with Crippen molar-refractivity contribution < 1.29 is 22.7 Å². The lowest BCUT2D eigenvalue weighted by molar-refractivity contribution is 0.168. The summed E-state index contributed by atoms with van der Waals surface area (Å²) in [5.41, 5.74) is 0.955. The third-order valence-corrected chi connectivity index (χ3v) is 5.02. The van der Waals surface area contributed by atoms with E-state index in [1.54, 1.807) is 31.2 Å². The monoisotopic (exact) mass is 398 g/mol. The van der Waals surface area contributed by atoms with Gasteiger partial charge in [-0.2, -0.15) is 0 Å². The minimum Gasteiger partial charge on any atom is -0.495 e. The molecular weight excluding hydrogens is 380 g/mol. The maximum atomic E-state index is 12.5. The second-order valence-corrected chi connectivity index (χ2v) is 7.36. The molecule has 2 N–H and O–H groups in total.